The second-order valence-corrected chi connectivity index (χ2v) is 8.35. The van der Waals surface area contributed by atoms with Crippen LogP contribution in [0.5, 0.6) is 0 Å². The van der Waals surface area contributed by atoms with Gasteiger partial charge >= 0.3 is 5.97 Å². The van der Waals surface area contributed by atoms with Gasteiger partial charge in [0.15, 0.2) is 6.61 Å². The number of carbonyl (C=O) groups excluding carboxylic acids is 4. The lowest BCUT2D eigenvalue weighted by molar-refractivity contribution is -0.163. The fraction of sp³-hybridized carbons (Fsp3) is 0.545. The normalized spacial score (nSPS) is 23.5. The van der Waals surface area contributed by atoms with Crippen molar-refractivity contribution in [3.05, 3.63) is 29.8 Å². The largest absolute Gasteiger partial charge is 0.452 e. The van der Waals surface area contributed by atoms with Crippen LogP contribution in [0.25, 0.3) is 0 Å². The number of para-hydroxylation sites is 1. The zero-order chi connectivity index (χ0) is 21.5. The van der Waals surface area contributed by atoms with E-state index in [2.05, 4.69) is 0 Å². The molecule has 2 saturated heterocycles. The summed E-state index contributed by atoms with van der Waals surface area (Å²) >= 11 is 0. The van der Waals surface area contributed by atoms with Crippen LogP contribution in [0.4, 0.5) is 5.69 Å². The predicted octanol–water partition coefficient (Wildman–Crippen LogP) is 1.93. The van der Waals surface area contributed by atoms with Crippen molar-refractivity contribution in [1.82, 2.24) is 9.80 Å². The summed E-state index contributed by atoms with van der Waals surface area (Å²) in [4.78, 5) is 56.6. The van der Waals surface area contributed by atoms with E-state index in [4.69, 9.17) is 4.74 Å². The molecule has 8 heteroatoms. The smallest absolute Gasteiger partial charge is 0.354 e. The van der Waals surface area contributed by atoms with E-state index in [0.717, 1.165) is 19.3 Å². The maximum Gasteiger partial charge on any atom is 0.354 e. The number of benzene rings is 1. The van der Waals surface area contributed by atoms with Crippen molar-refractivity contribution < 1.29 is 23.9 Å². The van der Waals surface area contributed by atoms with Gasteiger partial charge in [-0.3, -0.25) is 19.3 Å². The molecule has 3 amide bonds. The third-order valence-corrected chi connectivity index (χ3v) is 6.18. The van der Waals surface area contributed by atoms with E-state index in [1.165, 1.54) is 9.80 Å². The first kappa shape index (κ1) is 20.4. The number of hydrogen-bond donors (Lipinski definition) is 0. The Bertz CT molecular complexity index is 893. The van der Waals surface area contributed by atoms with Crippen LogP contribution >= 0.6 is 0 Å². The molecule has 0 N–H and O–H groups in total. The maximum atomic E-state index is 13.4. The average Bonchev–Trinajstić information content (AvgIpc) is 3.10. The van der Waals surface area contributed by atoms with Gasteiger partial charge in [0, 0.05) is 32.0 Å². The van der Waals surface area contributed by atoms with Crippen LogP contribution in [0.15, 0.2) is 24.3 Å². The Morgan fingerprint density at radius 1 is 1.10 bits per heavy atom. The van der Waals surface area contributed by atoms with Crippen LogP contribution in [0, 0.1) is 0 Å². The van der Waals surface area contributed by atoms with Crippen molar-refractivity contribution in [3.8, 4) is 0 Å². The number of fused-ring (bicyclic) bond motifs is 3. The zero-order valence-corrected chi connectivity index (χ0v) is 17.4. The van der Waals surface area contributed by atoms with Crippen molar-refractivity contribution >= 4 is 29.4 Å². The molecule has 2 fully saturated rings. The first-order chi connectivity index (χ1) is 14.4. The molecule has 4 rings (SSSR count). The summed E-state index contributed by atoms with van der Waals surface area (Å²) in [6.07, 6.45) is 3.24. The molecule has 0 unspecified atom stereocenters. The molecule has 30 heavy (non-hydrogen) atoms. The van der Waals surface area contributed by atoms with Crippen molar-refractivity contribution in [2.24, 2.45) is 0 Å². The van der Waals surface area contributed by atoms with Crippen LogP contribution in [-0.2, 0) is 19.1 Å². The first-order valence-electron chi connectivity index (χ1n) is 10.6. The molecule has 3 heterocycles. The van der Waals surface area contributed by atoms with Gasteiger partial charge in [-0.2, -0.15) is 0 Å². The standard InChI is InChI=1S/C22H27N3O5/c1-15(2)24-20(28)16-8-4-5-9-17(16)25-18(26)10-11-22(24,25)21(29)30-14-19(27)23-12-6-3-7-13-23/h4-5,8-9,15H,3,6-7,10-14H2,1-2H3/t22-/m0/s1. The quantitative estimate of drug-likeness (QED) is 0.704. The van der Waals surface area contributed by atoms with Crippen LogP contribution in [0.1, 0.15) is 56.3 Å². The number of amides is 3. The van der Waals surface area contributed by atoms with Gasteiger partial charge in [-0.1, -0.05) is 12.1 Å². The molecule has 1 atom stereocenters. The van der Waals surface area contributed by atoms with E-state index in [1.807, 2.05) is 0 Å². The summed E-state index contributed by atoms with van der Waals surface area (Å²) in [5.74, 6) is -1.52. The molecule has 1 aromatic carbocycles. The molecule has 1 aromatic rings. The van der Waals surface area contributed by atoms with E-state index < -0.39 is 11.6 Å². The summed E-state index contributed by atoms with van der Waals surface area (Å²) < 4.78 is 5.48. The molecule has 3 aliphatic rings. The summed E-state index contributed by atoms with van der Waals surface area (Å²) in [6.45, 7) is 4.55. The molecular formula is C22H27N3O5. The van der Waals surface area contributed by atoms with E-state index in [-0.39, 0.29) is 43.2 Å². The van der Waals surface area contributed by atoms with Gasteiger partial charge in [0.1, 0.15) is 0 Å². The molecular weight excluding hydrogens is 386 g/mol. The molecule has 0 aromatic heterocycles. The van der Waals surface area contributed by atoms with Gasteiger partial charge in [-0.15, -0.1) is 0 Å². The third-order valence-electron chi connectivity index (χ3n) is 6.18. The minimum absolute atomic E-state index is 0.125. The molecule has 0 spiro atoms. The van der Waals surface area contributed by atoms with Crippen LogP contribution in [0.2, 0.25) is 0 Å². The lowest BCUT2D eigenvalue weighted by Crippen LogP contribution is -2.70. The average molecular weight is 413 g/mol. The van der Waals surface area contributed by atoms with Gasteiger partial charge in [-0.05, 0) is 45.2 Å². The summed E-state index contributed by atoms with van der Waals surface area (Å²) in [7, 11) is 0. The highest BCUT2D eigenvalue weighted by molar-refractivity contribution is 6.15. The maximum absolute atomic E-state index is 13.4. The molecule has 160 valence electrons. The van der Waals surface area contributed by atoms with Crippen molar-refractivity contribution in [1.29, 1.82) is 0 Å². The number of carbonyl (C=O) groups is 4. The molecule has 0 saturated carbocycles. The minimum Gasteiger partial charge on any atom is -0.452 e. The third kappa shape index (κ3) is 3.05. The van der Waals surface area contributed by atoms with Gasteiger partial charge in [0.2, 0.25) is 11.6 Å². The monoisotopic (exact) mass is 413 g/mol. The number of rotatable bonds is 4. The van der Waals surface area contributed by atoms with E-state index >= 15 is 0 Å². The Labute approximate surface area is 175 Å². The van der Waals surface area contributed by atoms with Gasteiger partial charge in [0.25, 0.3) is 11.8 Å². The Morgan fingerprint density at radius 3 is 2.50 bits per heavy atom. The Morgan fingerprint density at radius 2 is 1.80 bits per heavy atom. The molecule has 0 radical (unpaired) electrons. The highest BCUT2D eigenvalue weighted by Gasteiger charge is 2.62. The van der Waals surface area contributed by atoms with Gasteiger partial charge in [0.05, 0.1) is 11.3 Å². The predicted molar refractivity (Wildman–Crippen MR) is 109 cm³/mol. The van der Waals surface area contributed by atoms with Crippen LogP contribution < -0.4 is 4.90 Å². The van der Waals surface area contributed by atoms with Crippen LogP contribution in [-0.4, -0.2) is 64.9 Å². The molecule has 8 nitrogen and oxygen atoms in total. The number of hydrogen-bond acceptors (Lipinski definition) is 5. The molecule has 0 bridgehead atoms. The fourth-order valence-electron chi connectivity index (χ4n) is 4.85. The number of anilines is 1. The molecule has 0 aliphatic carbocycles. The second-order valence-electron chi connectivity index (χ2n) is 8.35. The van der Waals surface area contributed by atoms with Gasteiger partial charge < -0.3 is 14.5 Å². The Kier molecular flexibility index (Phi) is 5.26. The number of esters is 1. The number of likely N-dealkylation sites (tertiary alicyclic amines) is 1. The fourth-order valence-corrected chi connectivity index (χ4v) is 4.85. The molecule has 3 aliphatic heterocycles. The Hall–Kier alpha value is -2.90. The first-order valence-corrected chi connectivity index (χ1v) is 10.6. The van der Waals surface area contributed by atoms with E-state index in [1.54, 1.807) is 43.0 Å². The highest BCUT2D eigenvalue weighted by Crippen LogP contribution is 2.45. The summed E-state index contributed by atoms with van der Waals surface area (Å²) in [6, 6.07) is 6.46. The topological polar surface area (TPSA) is 87.2 Å². The van der Waals surface area contributed by atoms with Crippen molar-refractivity contribution in [2.45, 2.75) is 57.7 Å². The zero-order valence-electron chi connectivity index (χ0n) is 17.4. The second kappa shape index (κ2) is 7.74. The lowest BCUT2D eigenvalue weighted by atomic mass is 9.95. The summed E-state index contributed by atoms with van der Waals surface area (Å²) in [5.41, 5.74) is -0.755. The summed E-state index contributed by atoms with van der Waals surface area (Å²) in [5, 5.41) is 0. The number of piperidine rings is 1. The lowest BCUT2D eigenvalue weighted by Gasteiger charge is -2.50. The van der Waals surface area contributed by atoms with E-state index in [9.17, 15) is 19.2 Å². The number of ether oxygens (including phenoxy) is 1. The SMILES string of the molecule is CC(C)N1C(=O)c2ccccc2N2C(=O)CC[C@@]21C(=O)OCC(=O)N1CCCCC1. The van der Waals surface area contributed by atoms with E-state index in [0.29, 0.717) is 24.3 Å². The van der Waals surface area contributed by atoms with Crippen molar-refractivity contribution in [3.63, 3.8) is 0 Å². The number of nitrogens with zero attached hydrogens (tertiary/aromatic N) is 3. The van der Waals surface area contributed by atoms with Crippen LogP contribution in [0.3, 0.4) is 0 Å². The van der Waals surface area contributed by atoms with Gasteiger partial charge in [-0.25, -0.2) is 4.79 Å². The van der Waals surface area contributed by atoms with Crippen molar-refractivity contribution in [2.75, 3.05) is 24.6 Å². The minimum atomic E-state index is -1.56. The Balaban J connectivity index is 1.66. The highest BCUT2D eigenvalue weighted by atomic mass is 16.5.